The fourth-order valence-corrected chi connectivity index (χ4v) is 2.20. The number of halogens is 4. The summed E-state index contributed by atoms with van der Waals surface area (Å²) in [5.41, 5.74) is -0.945. The van der Waals surface area contributed by atoms with E-state index in [1.54, 1.807) is 0 Å². The van der Waals surface area contributed by atoms with E-state index in [-0.39, 0.29) is 4.75 Å². The molecule has 0 saturated carbocycles. The van der Waals surface area contributed by atoms with Crippen LogP contribution in [-0.2, 0) is 6.18 Å². The Morgan fingerprint density at radius 1 is 1.00 bits per heavy atom. The van der Waals surface area contributed by atoms with Gasteiger partial charge in [-0.05, 0) is 18.2 Å². The van der Waals surface area contributed by atoms with Crippen LogP contribution in [0.4, 0.5) is 17.6 Å². The fourth-order valence-electron chi connectivity index (χ4n) is 1.14. The molecule has 0 radical (unpaired) electrons. The van der Waals surface area contributed by atoms with Gasteiger partial charge in [-0.2, -0.15) is 13.2 Å². The van der Waals surface area contributed by atoms with E-state index in [0.29, 0.717) is 11.0 Å². The maximum Gasteiger partial charge on any atom is 0.416 e. The zero-order valence-electron chi connectivity index (χ0n) is 9.15. The van der Waals surface area contributed by atoms with Gasteiger partial charge >= 0.3 is 6.18 Å². The summed E-state index contributed by atoms with van der Waals surface area (Å²) < 4.78 is 50.0. The Bertz CT molecular complexity index is 377. The first kappa shape index (κ1) is 13.4. The molecular formula is C11H12F4S. The maximum atomic E-state index is 13.0. The van der Waals surface area contributed by atoms with Gasteiger partial charge in [-0.1, -0.05) is 20.8 Å². The van der Waals surface area contributed by atoms with Crippen molar-refractivity contribution < 1.29 is 17.6 Å². The molecule has 0 heterocycles. The van der Waals surface area contributed by atoms with E-state index in [1.165, 1.54) is 11.8 Å². The molecule has 0 fully saturated rings. The van der Waals surface area contributed by atoms with Gasteiger partial charge in [0, 0.05) is 9.64 Å². The van der Waals surface area contributed by atoms with Crippen LogP contribution in [0.25, 0.3) is 0 Å². The molecule has 0 unspecified atom stereocenters. The molecule has 90 valence electrons. The summed E-state index contributed by atoms with van der Waals surface area (Å²) in [6, 6.07) is 2.59. The Morgan fingerprint density at radius 2 is 1.56 bits per heavy atom. The average Bonchev–Trinajstić information content (AvgIpc) is 1.97. The lowest BCUT2D eigenvalue weighted by atomic mass is 10.2. The normalized spacial score (nSPS) is 12.9. The largest absolute Gasteiger partial charge is 0.416 e. The van der Waals surface area contributed by atoms with Gasteiger partial charge < -0.3 is 0 Å². The minimum absolute atomic E-state index is 0.253. The van der Waals surface area contributed by atoms with Crippen LogP contribution in [-0.4, -0.2) is 4.75 Å². The van der Waals surface area contributed by atoms with Crippen molar-refractivity contribution in [3.05, 3.63) is 29.6 Å². The maximum absolute atomic E-state index is 13.0. The molecule has 1 rings (SSSR count). The highest BCUT2D eigenvalue weighted by molar-refractivity contribution is 8.00. The van der Waals surface area contributed by atoms with Crippen LogP contribution in [0, 0.1) is 5.82 Å². The van der Waals surface area contributed by atoms with Crippen molar-refractivity contribution >= 4 is 11.8 Å². The average molecular weight is 252 g/mol. The van der Waals surface area contributed by atoms with E-state index >= 15 is 0 Å². The van der Waals surface area contributed by atoms with Gasteiger partial charge in [-0.25, -0.2) is 4.39 Å². The Balaban J connectivity index is 3.09. The molecule has 1 aromatic rings. The quantitative estimate of drug-likeness (QED) is 0.514. The van der Waals surface area contributed by atoms with Gasteiger partial charge in [0.25, 0.3) is 0 Å². The van der Waals surface area contributed by atoms with E-state index in [4.69, 9.17) is 0 Å². The van der Waals surface area contributed by atoms with Crippen molar-refractivity contribution in [2.24, 2.45) is 0 Å². The minimum atomic E-state index is -4.50. The summed E-state index contributed by atoms with van der Waals surface area (Å²) in [6.07, 6.45) is -4.50. The molecule has 16 heavy (non-hydrogen) atoms. The van der Waals surface area contributed by atoms with E-state index < -0.39 is 17.6 Å². The standard InChI is InChI=1S/C11H12F4S/c1-10(2,3)16-9-5-7(11(13,14)15)4-8(12)6-9/h4-6H,1-3H3. The molecule has 0 saturated heterocycles. The fraction of sp³-hybridized carbons (Fsp3) is 0.455. The number of hydrogen-bond acceptors (Lipinski definition) is 1. The van der Waals surface area contributed by atoms with E-state index in [0.717, 1.165) is 12.1 Å². The molecule has 0 bridgehead atoms. The zero-order valence-corrected chi connectivity index (χ0v) is 9.97. The predicted octanol–water partition coefficient (Wildman–Crippen LogP) is 4.74. The van der Waals surface area contributed by atoms with Crippen LogP contribution in [0.3, 0.4) is 0 Å². The minimum Gasteiger partial charge on any atom is -0.207 e. The van der Waals surface area contributed by atoms with Crippen LogP contribution in [0.5, 0.6) is 0 Å². The monoisotopic (exact) mass is 252 g/mol. The van der Waals surface area contributed by atoms with Gasteiger partial charge in [0.1, 0.15) is 5.82 Å². The van der Waals surface area contributed by atoms with Gasteiger partial charge in [-0.15, -0.1) is 11.8 Å². The lowest BCUT2D eigenvalue weighted by molar-refractivity contribution is -0.137. The highest BCUT2D eigenvalue weighted by atomic mass is 32.2. The van der Waals surface area contributed by atoms with Gasteiger partial charge in [-0.3, -0.25) is 0 Å². The SMILES string of the molecule is CC(C)(C)Sc1cc(F)cc(C(F)(F)F)c1. The number of benzene rings is 1. The highest BCUT2D eigenvalue weighted by Crippen LogP contribution is 2.36. The first-order chi connectivity index (χ1) is 7.08. The summed E-state index contributed by atoms with van der Waals surface area (Å²) in [7, 11) is 0. The molecule has 0 spiro atoms. The molecule has 0 N–H and O–H groups in total. The molecule has 0 aliphatic heterocycles. The van der Waals surface area contributed by atoms with E-state index in [2.05, 4.69) is 0 Å². The first-order valence-electron chi connectivity index (χ1n) is 4.65. The molecule has 0 amide bonds. The van der Waals surface area contributed by atoms with Gasteiger partial charge in [0.2, 0.25) is 0 Å². The Kier molecular flexibility index (Phi) is 3.57. The number of thioether (sulfide) groups is 1. The topological polar surface area (TPSA) is 0 Å². The number of rotatable bonds is 1. The molecule has 0 atom stereocenters. The lowest BCUT2D eigenvalue weighted by Gasteiger charge is -2.18. The van der Waals surface area contributed by atoms with Crippen molar-refractivity contribution in [1.29, 1.82) is 0 Å². The van der Waals surface area contributed by atoms with Crippen LogP contribution < -0.4 is 0 Å². The smallest absolute Gasteiger partial charge is 0.207 e. The molecule has 0 aliphatic rings. The van der Waals surface area contributed by atoms with Crippen LogP contribution in [0.1, 0.15) is 26.3 Å². The van der Waals surface area contributed by atoms with Crippen LogP contribution in [0.15, 0.2) is 23.1 Å². The molecule has 0 nitrogen and oxygen atoms in total. The van der Waals surface area contributed by atoms with Crippen molar-refractivity contribution in [1.82, 2.24) is 0 Å². The zero-order chi connectivity index (χ0) is 12.6. The van der Waals surface area contributed by atoms with Crippen LogP contribution >= 0.6 is 11.8 Å². The Hall–Kier alpha value is -0.710. The summed E-state index contributed by atoms with van der Waals surface area (Å²) >= 11 is 1.21. The summed E-state index contributed by atoms with van der Waals surface area (Å²) in [6.45, 7) is 5.57. The van der Waals surface area contributed by atoms with E-state index in [9.17, 15) is 17.6 Å². The second kappa shape index (κ2) is 4.28. The first-order valence-corrected chi connectivity index (χ1v) is 5.46. The summed E-state index contributed by atoms with van der Waals surface area (Å²) in [4.78, 5) is 0.292. The molecular weight excluding hydrogens is 240 g/mol. The Morgan fingerprint density at radius 3 is 2.00 bits per heavy atom. The summed E-state index contributed by atoms with van der Waals surface area (Å²) in [5.74, 6) is -0.860. The van der Waals surface area contributed by atoms with E-state index in [1.807, 2.05) is 20.8 Å². The van der Waals surface area contributed by atoms with Gasteiger partial charge in [0.05, 0.1) is 5.56 Å². The highest BCUT2D eigenvalue weighted by Gasteiger charge is 2.31. The second-order valence-electron chi connectivity index (χ2n) is 4.39. The molecule has 1 aromatic carbocycles. The molecule has 5 heteroatoms. The third-order valence-corrected chi connectivity index (χ3v) is 2.71. The molecule has 0 aliphatic carbocycles. The van der Waals surface area contributed by atoms with Crippen LogP contribution in [0.2, 0.25) is 0 Å². The van der Waals surface area contributed by atoms with Crippen molar-refractivity contribution in [3.8, 4) is 0 Å². The van der Waals surface area contributed by atoms with Crippen molar-refractivity contribution in [3.63, 3.8) is 0 Å². The third kappa shape index (κ3) is 4.04. The van der Waals surface area contributed by atoms with Gasteiger partial charge in [0.15, 0.2) is 0 Å². The Labute approximate surface area is 96.0 Å². The predicted molar refractivity (Wildman–Crippen MR) is 57.0 cm³/mol. The summed E-state index contributed by atoms with van der Waals surface area (Å²) in [5, 5.41) is 0. The lowest BCUT2D eigenvalue weighted by Crippen LogP contribution is -2.09. The van der Waals surface area contributed by atoms with Crippen molar-refractivity contribution in [2.75, 3.05) is 0 Å². The van der Waals surface area contributed by atoms with Crippen molar-refractivity contribution in [2.45, 2.75) is 36.6 Å². The number of hydrogen-bond donors (Lipinski definition) is 0. The number of alkyl halides is 3. The third-order valence-electron chi connectivity index (χ3n) is 1.62. The second-order valence-corrected chi connectivity index (χ2v) is 6.29. The molecule has 0 aromatic heterocycles.